The number of hydrazone groups is 1. The molecule has 0 aliphatic carbocycles. The van der Waals surface area contributed by atoms with Crippen LogP contribution in [0.4, 0.5) is 0 Å². The van der Waals surface area contributed by atoms with E-state index in [2.05, 4.69) is 10.5 Å². The molecule has 166 valence electrons. The number of ether oxygens (including phenoxy) is 3. The largest absolute Gasteiger partial charge is 0.490 e. The molecule has 0 saturated heterocycles. The van der Waals surface area contributed by atoms with Gasteiger partial charge in [-0.2, -0.15) is 5.10 Å². The number of benzene rings is 3. The van der Waals surface area contributed by atoms with Gasteiger partial charge in [0.05, 0.1) is 17.8 Å². The van der Waals surface area contributed by atoms with Crippen molar-refractivity contribution < 1.29 is 19.0 Å². The molecule has 0 bridgehead atoms. The first-order valence-electron chi connectivity index (χ1n) is 9.88. The highest BCUT2D eigenvalue weighted by Crippen LogP contribution is 2.29. The third-order valence-electron chi connectivity index (χ3n) is 4.17. The molecule has 0 aliphatic heterocycles. The molecular formula is C24H22Cl2N2O4. The van der Waals surface area contributed by atoms with Crippen molar-refractivity contribution in [2.24, 2.45) is 5.10 Å². The van der Waals surface area contributed by atoms with Crippen molar-refractivity contribution in [1.82, 2.24) is 5.43 Å². The molecule has 32 heavy (non-hydrogen) atoms. The summed E-state index contributed by atoms with van der Waals surface area (Å²) in [4.78, 5) is 11.9. The molecule has 0 saturated carbocycles. The third kappa shape index (κ3) is 7.18. The van der Waals surface area contributed by atoms with E-state index in [1.165, 1.54) is 6.21 Å². The maximum atomic E-state index is 11.9. The lowest BCUT2D eigenvalue weighted by Crippen LogP contribution is -2.24. The Bertz CT molecular complexity index is 1070. The van der Waals surface area contributed by atoms with E-state index in [0.29, 0.717) is 40.5 Å². The molecule has 0 aliphatic rings. The van der Waals surface area contributed by atoms with Crippen LogP contribution in [-0.2, 0) is 11.4 Å². The van der Waals surface area contributed by atoms with E-state index < -0.39 is 5.91 Å². The topological polar surface area (TPSA) is 69.2 Å². The number of hydrogen-bond donors (Lipinski definition) is 1. The number of para-hydroxylation sites is 1. The van der Waals surface area contributed by atoms with E-state index in [1.54, 1.807) is 36.4 Å². The van der Waals surface area contributed by atoms with Gasteiger partial charge in [0.1, 0.15) is 12.4 Å². The van der Waals surface area contributed by atoms with E-state index in [1.807, 2.05) is 37.3 Å². The standard InChI is InChI=1S/C24H22Cl2N2O4/c1-2-30-23-13-18(9-12-22(23)31-15-17-7-10-19(25)11-8-17)14-27-28-24(29)16-32-21-6-4-3-5-20(21)26/h3-14H,2,15-16H2,1H3,(H,28,29)/b27-14+. The average Bonchev–Trinajstić information content (AvgIpc) is 2.79. The van der Waals surface area contributed by atoms with Crippen LogP contribution in [0, 0.1) is 0 Å². The van der Waals surface area contributed by atoms with Crippen LogP contribution < -0.4 is 19.6 Å². The van der Waals surface area contributed by atoms with E-state index in [0.717, 1.165) is 11.1 Å². The fourth-order valence-electron chi connectivity index (χ4n) is 2.65. The molecule has 0 spiro atoms. The normalized spacial score (nSPS) is 10.7. The Kier molecular flexibility index (Phi) is 8.78. The van der Waals surface area contributed by atoms with Gasteiger partial charge in [0, 0.05) is 5.02 Å². The maximum absolute atomic E-state index is 11.9. The molecule has 1 N–H and O–H groups in total. The third-order valence-corrected chi connectivity index (χ3v) is 4.74. The second-order valence-electron chi connectivity index (χ2n) is 6.57. The summed E-state index contributed by atoms with van der Waals surface area (Å²) in [6.45, 7) is 2.55. The van der Waals surface area contributed by atoms with Crippen molar-refractivity contribution in [3.63, 3.8) is 0 Å². The smallest absolute Gasteiger partial charge is 0.277 e. The van der Waals surface area contributed by atoms with Gasteiger partial charge in [0.2, 0.25) is 0 Å². The van der Waals surface area contributed by atoms with Gasteiger partial charge in [0.15, 0.2) is 18.1 Å². The summed E-state index contributed by atoms with van der Waals surface area (Å²) in [5.41, 5.74) is 4.14. The second kappa shape index (κ2) is 12.0. The Morgan fingerprint density at radius 3 is 2.47 bits per heavy atom. The Morgan fingerprint density at radius 1 is 0.938 bits per heavy atom. The summed E-state index contributed by atoms with van der Waals surface area (Å²) in [6, 6.07) is 19.8. The fraction of sp³-hybridized carbons (Fsp3) is 0.167. The molecule has 6 nitrogen and oxygen atoms in total. The average molecular weight is 473 g/mol. The van der Waals surface area contributed by atoms with Gasteiger partial charge in [-0.05, 0) is 60.5 Å². The van der Waals surface area contributed by atoms with Gasteiger partial charge < -0.3 is 14.2 Å². The molecule has 0 heterocycles. The zero-order valence-corrected chi connectivity index (χ0v) is 18.9. The summed E-state index contributed by atoms with van der Waals surface area (Å²) in [5, 5.41) is 5.07. The number of carbonyl (C=O) groups excluding carboxylic acids is 1. The van der Waals surface area contributed by atoms with Crippen molar-refractivity contribution in [3.8, 4) is 17.2 Å². The number of amides is 1. The molecule has 3 aromatic carbocycles. The summed E-state index contributed by atoms with van der Waals surface area (Å²) < 4.78 is 16.9. The zero-order chi connectivity index (χ0) is 22.8. The van der Waals surface area contributed by atoms with Crippen molar-refractivity contribution >= 4 is 35.3 Å². The number of nitrogens with one attached hydrogen (secondary N) is 1. The minimum Gasteiger partial charge on any atom is -0.490 e. The van der Waals surface area contributed by atoms with Crippen molar-refractivity contribution in [3.05, 3.63) is 87.9 Å². The Labute approximate surface area is 196 Å². The highest BCUT2D eigenvalue weighted by atomic mass is 35.5. The number of nitrogens with zero attached hydrogens (tertiary/aromatic N) is 1. The molecule has 0 aromatic heterocycles. The summed E-state index contributed by atoms with van der Waals surface area (Å²) in [5.74, 6) is 1.22. The van der Waals surface area contributed by atoms with E-state index in [-0.39, 0.29) is 6.61 Å². The van der Waals surface area contributed by atoms with Crippen LogP contribution in [-0.4, -0.2) is 25.3 Å². The number of rotatable bonds is 10. The predicted octanol–water partition coefficient (Wildman–Crippen LogP) is 5.50. The highest BCUT2D eigenvalue weighted by Gasteiger charge is 2.08. The molecule has 3 rings (SSSR count). The summed E-state index contributed by atoms with van der Waals surface area (Å²) in [6.07, 6.45) is 1.51. The van der Waals surface area contributed by atoms with Crippen LogP contribution in [0.15, 0.2) is 71.8 Å². The van der Waals surface area contributed by atoms with Crippen LogP contribution in [0.2, 0.25) is 10.0 Å². The molecule has 1 amide bonds. The lowest BCUT2D eigenvalue weighted by Gasteiger charge is -2.12. The SMILES string of the molecule is CCOc1cc(/C=N/NC(=O)COc2ccccc2Cl)ccc1OCc1ccc(Cl)cc1. The van der Waals surface area contributed by atoms with E-state index >= 15 is 0 Å². The molecule has 0 radical (unpaired) electrons. The number of halogens is 2. The van der Waals surface area contributed by atoms with Crippen LogP contribution >= 0.6 is 23.2 Å². The lowest BCUT2D eigenvalue weighted by atomic mass is 10.2. The van der Waals surface area contributed by atoms with Gasteiger partial charge in [-0.15, -0.1) is 0 Å². The van der Waals surface area contributed by atoms with Gasteiger partial charge in [-0.3, -0.25) is 4.79 Å². The maximum Gasteiger partial charge on any atom is 0.277 e. The van der Waals surface area contributed by atoms with Crippen molar-refractivity contribution in [2.75, 3.05) is 13.2 Å². The van der Waals surface area contributed by atoms with Gasteiger partial charge in [-0.1, -0.05) is 47.5 Å². The van der Waals surface area contributed by atoms with Gasteiger partial charge >= 0.3 is 0 Å². The van der Waals surface area contributed by atoms with Crippen molar-refractivity contribution in [1.29, 1.82) is 0 Å². The van der Waals surface area contributed by atoms with Crippen LogP contribution in [0.5, 0.6) is 17.2 Å². The first-order valence-corrected chi connectivity index (χ1v) is 10.6. The Hall–Kier alpha value is -3.22. The Morgan fingerprint density at radius 2 is 1.72 bits per heavy atom. The lowest BCUT2D eigenvalue weighted by molar-refractivity contribution is -0.123. The zero-order valence-electron chi connectivity index (χ0n) is 17.4. The van der Waals surface area contributed by atoms with Crippen LogP contribution in [0.25, 0.3) is 0 Å². The number of carbonyl (C=O) groups is 1. The minimum atomic E-state index is -0.408. The van der Waals surface area contributed by atoms with Crippen LogP contribution in [0.1, 0.15) is 18.1 Å². The first-order chi connectivity index (χ1) is 15.5. The highest BCUT2D eigenvalue weighted by molar-refractivity contribution is 6.32. The molecule has 8 heteroatoms. The molecule has 0 fully saturated rings. The molecule has 0 atom stereocenters. The minimum absolute atomic E-state index is 0.206. The second-order valence-corrected chi connectivity index (χ2v) is 7.41. The molecule has 3 aromatic rings. The Balaban J connectivity index is 1.55. The summed E-state index contributed by atoms with van der Waals surface area (Å²) in [7, 11) is 0. The van der Waals surface area contributed by atoms with E-state index in [9.17, 15) is 4.79 Å². The monoisotopic (exact) mass is 472 g/mol. The van der Waals surface area contributed by atoms with Crippen LogP contribution in [0.3, 0.4) is 0 Å². The molecular weight excluding hydrogens is 451 g/mol. The predicted molar refractivity (Wildman–Crippen MR) is 126 cm³/mol. The van der Waals surface area contributed by atoms with E-state index in [4.69, 9.17) is 37.4 Å². The number of hydrogen-bond acceptors (Lipinski definition) is 5. The van der Waals surface area contributed by atoms with Crippen molar-refractivity contribution in [2.45, 2.75) is 13.5 Å². The molecule has 0 unspecified atom stereocenters. The fourth-order valence-corrected chi connectivity index (χ4v) is 2.97. The quantitative estimate of drug-likeness (QED) is 0.312. The first kappa shape index (κ1) is 23.4. The van der Waals surface area contributed by atoms with Gasteiger partial charge in [-0.25, -0.2) is 5.43 Å². The summed E-state index contributed by atoms with van der Waals surface area (Å²) >= 11 is 11.9. The van der Waals surface area contributed by atoms with Gasteiger partial charge in [0.25, 0.3) is 5.91 Å².